The number of benzene rings is 1. The number of aliphatic hydroxyl groups is 1. The summed E-state index contributed by atoms with van der Waals surface area (Å²) >= 11 is 0. The molecule has 4 heterocycles. The molecule has 1 aromatic carbocycles. The average Bonchev–Trinajstić information content (AvgIpc) is 3.04. The van der Waals surface area contributed by atoms with Crippen LogP contribution in [0.15, 0.2) is 18.2 Å². The van der Waals surface area contributed by atoms with Crippen molar-refractivity contribution in [1.82, 2.24) is 9.88 Å². The number of ether oxygens (including phenoxy) is 2. The molecule has 6 rings (SSSR count). The summed E-state index contributed by atoms with van der Waals surface area (Å²) in [6.07, 6.45) is 4.26. The van der Waals surface area contributed by atoms with Crippen molar-refractivity contribution >= 4 is 16.9 Å². The maximum Gasteiger partial charge on any atom is 0.308 e. The summed E-state index contributed by atoms with van der Waals surface area (Å²) in [5.41, 5.74) is 3.28. The fourth-order valence-electron chi connectivity index (χ4n) is 6.62. The number of carbonyl (C=O) groups is 1. The van der Waals surface area contributed by atoms with E-state index in [1.807, 2.05) is 18.2 Å². The zero-order valence-electron chi connectivity index (χ0n) is 17.2. The molecule has 6 heteroatoms. The van der Waals surface area contributed by atoms with E-state index in [9.17, 15) is 9.90 Å². The topological polar surface area (TPSA) is 74.8 Å². The van der Waals surface area contributed by atoms with Crippen molar-refractivity contribution in [3.8, 4) is 5.75 Å². The van der Waals surface area contributed by atoms with Crippen LogP contribution in [-0.4, -0.2) is 60.4 Å². The molecule has 29 heavy (non-hydrogen) atoms. The van der Waals surface area contributed by atoms with Crippen molar-refractivity contribution in [3.05, 3.63) is 29.5 Å². The number of nitrogens with zero attached hydrogens (tertiary/aromatic N) is 1. The monoisotopic (exact) mass is 398 g/mol. The highest BCUT2D eigenvalue weighted by Gasteiger charge is 2.58. The molecule has 4 aliphatic rings. The number of H-pyrrole nitrogens is 1. The van der Waals surface area contributed by atoms with Crippen LogP contribution in [0.4, 0.5) is 0 Å². The minimum absolute atomic E-state index is 0.158. The largest absolute Gasteiger partial charge is 0.427 e. The van der Waals surface area contributed by atoms with Crippen molar-refractivity contribution in [1.29, 1.82) is 0 Å². The summed E-state index contributed by atoms with van der Waals surface area (Å²) in [5, 5.41) is 11.9. The number of rotatable bonds is 5. The summed E-state index contributed by atoms with van der Waals surface area (Å²) in [4.78, 5) is 17.7. The van der Waals surface area contributed by atoms with Gasteiger partial charge in [0, 0.05) is 61.8 Å². The molecule has 0 amide bonds. The van der Waals surface area contributed by atoms with Crippen molar-refractivity contribution in [2.75, 3.05) is 33.4 Å². The van der Waals surface area contributed by atoms with Crippen molar-refractivity contribution < 1.29 is 19.4 Å². The van der Waals surface area contributed by atoms with E-state index in [2.05, 4.69) is 9.88 Å². The van der Waals surface area contributed by atoms with Gasteiger partial charge in [-0.05, 0) is 61.3 Å². The number of nitrogens with one attached hydrogen (secondary N) is 1. The van der Waals surface area contributed by atoms with Crippen molar-refractivity contribution in [3.63, 3.8) is 0 Å². The molecule has 156 valence electrons. The highest BCUT2D eigenvalue weighted by Crippen LogP contribution is 2.54. The quantitative estimate of drug-likeness (QED) is 0.598. The number of methoxy groups -OCH3 is 1. The number of fused-ring (bicyclic) bond motifs is 4. The van der Waals surface area contributed by atoms with Gasteiger partial charge in [0.25, 0.3) is 0 Å². The van der Waals surface area contributed by atoms with E-state index in [0.29, 0.717) is 23.6 Å². The van der Waals surface area contributed by atoms with Gasteiger partial charge in [-0.15, -0.1) is 0 Å². The van der Waals surface area contributed by atoms with Gasteiger partial charge < -0.3 is 19.6 Å². The molecular weight excluding hydrogens is 368 g/mol. The second kappa shape index (κ2) is 7.11. The summed E-state index contributed by atoms with van der Waals surface area (Å²) < 4.78 is 10.7. The fourth-order valence-corrected chi connectivity index (χ4v) is 6.62. The van der Waals surface area contributed by atoms with Crippen LogP contribution in [0.5, 0.6) is 5.75 Å². The number of aromatic amines is 1. The van der Waals surface area contributed by atoms with Gasteiger partial charge in [0.1, 0.15) is 5.75 Å². The zero-order valence-corrected chi connectivity index (χ0v) is 17.2. The Balaban J connectivity index is 1.63. The molecule has 3 aliphatic heterocycles. The van der Waals surface area contributed by atoms with Gasteiger partial charge >= 0.3 is 5.97 Å². The number of carbonyl (C=O) groups excluding carboxylic acids is 1. The first-order valence-corrected chi connectivity index (χ1v) is 10.7. The third kappa shape index (κ3) is 2.92. The van der Waals surface area contributed by atoms with Crippen LogP contribution in [-0.2, 0) is 21.4 Å². The zero-order chi connectivity index (χ0) is 20.2. The minimum atomic E-state index is -0.307. The Morgan fingerprint density at radius 1 is 1.41 bits per heavy atom. The number of piperidine rings is 2. The Morgan fingerprint density at radius 3 is 3.03 bits per heavy atom. The highest BCUT2D eigenvalue weighted by atomic mass is 16.5. The van der Waals surface area contributed by atoms with Crippen LogP contribution in [0.2, 0.25) is 0 Å². The molecule has 2 aromatic rings. The molecular formula is C23H30N2O4. The Bertz CT molecular complexity index is 938. The summed E-state index contributed by atoms with van der Waals surface area (Å²) in [6, 6.07) is 6.15. The molecule has 5 atom stereocenters. The van der Waals surface area contributed by atoms with Gasteiger partial charge in [0.15, 0.2) is 0 Å². The van der Waals surface area contributed by atoms with Gasteiger partial charge in [-0.25, -0.2) is 0 Å². The fraction of sp³-hybridized carbons (Fsp3) is 0.609. The molecule has 3 fully saturated rings. The normalized spacial score (nSPS) is 32.8. The van der Waals surface area contributed by atoms with Crippen molar-refractivity contribution in [2.24, 2.45) is 11.8 Å². The molecule has 2 saturated heterocycles. The molecule has 1 saturated carbocycles. The lowest BCUT2D eigenvalue weighted by molar-refractivity contribution is -0.131. The van der Waals surface area contributed by atoms with Gasteiger partial charge in [-0.2, -0.15) is 0 Å². The van der Waals surface area contributed by atoms with Crippen LogP contribution in [0.1, 0.15) is 37.4 Å². The second-order valence-electron chi connectivity index (χ2n) is 9.13. The van der Waals surface area contributed by atoms with E-state index < -0.39 is 0 Å². The van der Waals surface area contributed by atoms with Gasteiger partial charge in [0.2, 0.25) is 0 Å². The van der Waals surface area contributed by atoms with Crippen LogP contribution < -0.4 is 4.74 Å². The summed E-state index contributed by atoms with van der Waals surface area (Å²) in [6.45, 7) is 4.50. The molecule has 1 aromatic heterocycles. The molecule has 5 unspecified atom stereocenters. The van der Waals surface area contributed by atoms with Gasteiger partial charge in [-0.1, -0.05) is 0 Å². The maximum absolute atomic E-state index is 11.4. The van der Waals surface area contributed by atoms with Crippen molar-refractivity contribution in [2.45, 2.75) is 44.1 Å². The smallest absolute Gasteiger partial charge is 0.308 e. The predicted octanol–water partition coefficient (Wildman–Crippen LogP) is 2.63. The molecule has 1 aliphatic carbocycles. The highest BCUT2D eigenvalue weighted by molar-refractivity contribution is 5.87. The number of aliphatic hydroxyl groups excluding tert-OH is 1. The molecule has 0 radical (unpaired) electrons. The van der Waals surface area contributed by atoms with Gasteiger partial charge in [-0.3, -0.25) is 9.69 Å². The summed E-state index contributed by atoms with van der Waals surface area (Å²) in [7, 11) is 1.77. The van der Waals surface area contributed by atoms with E-state index in [4.69, 9.17) is 9.47 Å². The Hall–Kier alpha value is -1.89. The number of hydrogen-bond acceptors (Lipinski definition) is 5. The first-order valence-electron chi connectivity index (χ1n) is 10.7. The minimum Gasteiger partial charge on any atom is -0.427 e. The Labute approximate surface area is 171 Å². The second-order valence-corrected chi connectivity index (χ2v) is 9.13. The third-order valence-electron chi connectivity index (χ3n) is 7.45. The number of hydrogen-bond donors (Lipinski definition) is 2. The Morgan fingerprint density at radius 2 is 2.28 bits per heavy atom. The molecule has 4 bridgehead atoms. The molecule has 2 N–H and O–H groups in total. The van der Waals surface area contributed by atoms with Crippen LogP contribution >= 0.6 is 0 Å². The number of aromatic nitrogens is 1. The summed E-state index contributed by atoms with van der Waals surface area (Å²) in [5.74, 6) is 1.43. The lowest BCUT2D eigenvalue weighted by Crippen LogP contribution is -2.65. The number of esters is 1. The van der Waals surface area contributed by atoms with Gasteiger partial charge in [0.05, 0.1) is 6.61 Å². The van der Waals surface area contributed by atoms with Crippen LogP contribution in [0.25, 0.3) is 10.9 Å². The van der Waals surface area contributed by atoms with E-state index >= 15 is 0 Å². The SMILES string of the molecule is COCCC1CC2CN3CCc4c([nH]c5ccc(OC(C)=O)cc45)C(CO)(C2)C13. The van der Waals surface area contributed by atoms with E-state index in [1.54, 1.807) is 7.11 Å². The first-order chi connectivity index (χ1) is 14.1. The maximum atomic E-state index is 11.4. The standard InChI is InChI=1S/C23H30N2O4/c1-14(27)29-17-3-4-20-19(10-17)18-5-7-25-12-15-9-16(6-8-28-2)22(25)23(11-15,13-26)21(18)24-20/h3-4,10,15-16,22,24,26H,5-9,11-13H2,1-2H3. The lowest BCUT2D eigenvalue weighted by atomic mass is 9.56. The average molecular weight is 399 g/mol. The Kier molecular flexibility index (Phi) is 4.68. The predicted molar refractivity (Wildman–Crippen MR) is 110 cm³/mol. The molecule has 6 nitrogen and oxygen atoms in total. The van der Waals surface area contributed by atoms with E-state index in [-0.39, 0.29) is 18.0 Å². The van der Waals surface area contributed by atoms with Crippen LogP contribution in [0.3, 0.4) is 0 Å². The van der Waals surface area contributed by atoms with E-state index in [0.717, 1.165) is 49.9 Å². The lowest BCUT2D eigenvalue weighted by Gasteiger charge is -2.59. The molecule has 0 spiro atoms. The van der Waals surface area contributed by atoms with E-state index in [1.165, 1.54) is 24.6 Å². The van der Waals surface area contributed by atoms with Crippen LogP contribution in [0, 0.1) is 11.8 Å². The first kappa shape index (κ1) is 19.1. The third-order valence-corrected chi connectivity index (χ3v) is 7.45.